The van der Waals surface area contributed by atoms with Crippen LogP contribution in [-0.2, 0) is 5.75 Å². The maximum Gasteiger partial charge on any atom is 0.127 e. The van der Waals surface area contributed by atoms with Gasteiger partial charge in [0.2, 0.25) is 0 Å². The fraction of sp³-hybridized carbons (Fsp3) is 0.0769. The normalized spacial score (nSPS) is 10.6. The van der Waals surface area contributed by atoms with Crippen molar-refractivity contribution in [3.63, 3.8) is 0 Å². The minimum absolute atomic E-state index is 0.323. The summed E-state index contributed by atoms with van der Waals surface area (Å²) in [6.07, 6.45) is 0. The van der Waals surface area contributed by atoms with Crippen LogP contribution in [0.1, 0.15) is 5.56 Å². The SMILES string of the molecule is Nc1cc(F)cc(SCc2cc(Cl)ccc2F)c1. The van der Waals surface area contributed by atoms with Crippen LogP contribution >= 0.6 is 23.4 Å². The van der Waals surface area contributed by atoms with E-state index in [0.29, 0.717) is 26.9 Å². The van der Waals surface area contributed by atoms with Crippen molar-refractivity contribution in [3.05, 3.63) is 58.6 Å². The number of nitrogen functional groups attached to an aromatic ring is 1. The number of benzene rings is 2. The molecular weight excluding hydrogens is 276 g/mol. The maximum absolute atomic E-state index is 13.5. The van der Waals surface area contributed by atoms with Gasteiger partial charge in [0.1, 0.15) is 11.6 Å². The standard InChI is InChI=1S/C13H10ClF2NS/c14-9-1-2-13(16)8(3-9)7-18-12-5-10(15)4-11(17)6-12/h1-6H,7,17H2. The summed E-state index contributed by atoms with van der Waals surface area (Å²) < 4.78 is 26.6. The van der Waals surface area contributed by atoms with Crippen molar-refractivity contribution in [1.29, 1.82) is 0 Å². The lowest BCUT2D eigenvalue weighted by molar-refractivity contribution is 0.617. The predicted octanol–water partition coefficient (Wildman–Crippen LogP) is 4.49. The van der Waals surface area contributed by atoms with Gasteiger partial charge in [-0.15, -0.1) is 11.8 Å². The van der Waals surface area contributed by atoms with Gasteiger partial charge in [0.15, 0.2) is 0 Å². The van der Waals surface area contributed by atoms with E-state index >= 15 is 0 Å². The summed E-state index contributed by atoms with van der Waals surface area (Å²) in [6.45, 7) is 0. The average molecular weight is 286 g/mol. The first-order valence-electron chi connectivity index (χ1n) is 5.17. The molecule has 94 valence electrons. The predicted molar refractivity (Wildman–Crippen MR) is 71.8 cm³/mol. The molecule has 0 saturated heterocycles. The van der Waals surface area contributed by atoms with Crippen LogP contribution in [-0.4, -0.2) is 0 Å². The fourth-order valence-corrected chi connectivity index (χ4v) is 2.64. The summed E-state index contributed by atoms with van der Waals surface area (Å²) in [4.78, 5) is 0.659. The molecule has 0 unspecified atom stereocenters. The molecule has 2 aromatic rings. The van der Waals surface area contributed by atoms with Gasteiger partial charge in [-0.25, -0.2) is 8.78 Å². The second-order valence-electron chi connectivity index (χ2n) is 3.74. The van der Waals surface area contributed by atoms with Crippen LogP contribution in [0.3, 0.4) is 0 Å². The van der Waals surface area contributed by atoms with E-state index in [1.807, 2.05) is 0 Å². The molecule has 0 aliphatic rings. The van der Waals surface area contributed by atoms with Crippen LogP contribution in [0.25, 0.3) is 0 Å². The number of halogens is 3. The van der Waals surface area contributed by atoms with Gasteiger partial charge in [-0.1, -0.05) is 11.6 Å². The van der Waals surface area contributed by atoms with Crippen molar-refractivity contribution in [2.45, 2.75) is 10.6 Å². The number of hydrogen-bond acceptors (Lipinski definition) is 2. The van der Waals surface area contributed by atoms with Crippen molar-refractivity contribution in [1.82, 2.24) is 0 Å². The summed E-state index contributed by atoms with van der Waals surface area (Å²) in [5, 5.41) is 0.478. The van der Waals surface area contributed by atoms with Crippen LogP contribution < -0.4 is 5.73 Å². The Morgan fingerprint density at radius 3 is 2.61 bits per heavy atom. The van der Waals surface area contributed by atoms with Gasteiger partial charge in [-0.05, 0) is 42.0 Å². The zero-order valence-corrected chi connectivity index (χ0v) is 10.9. The molecule has 2 aromatic carbocycles. The Balaban J connectivity index is 2.13. The van der Waals surface area contributed by atoms with Crippen molar-refractivity contribution in [2.24, 2.45) is 0 Å². The first-order valence-corrected chi connectivity index (χ1v) is 6.54. The first-order chi connectivity index (χ1) is 8.54. The highest BCUT2D eigenvalue weighted by Crippen LogP contribution is 2.27. The summed E-state index contributed by atoms with van der Waals surface area (Å²) in [5.41, 5.74) is 6.37. The molecule has 0 fully saturated rings. The zero-order chi connectivity index (χ0) is 13.1. The van der Waals surface area contributed by atoms with Crippen molar-refractivity contribution < 1.29 is 8.78 Å². The lowest BCUT2D eigenvalue weighted by Gasteiger charge is -2.05. The van der Waals surface area contributed by atoms with Crippen LogP contribution in [0.4, 0.5) is 14.5 Å². The van der Waals surface area contributed by atoms with Gasteiger partial charge in [-0.2, -0.15) is 0 Å². The lowest BCUT2D eigenvalue weighted by atomic mass is 10.2. The Bertz CT molecular complexity index is 555. The number of rotatable bonds is 3. The molecule has 0 heterocycles. The van der Waals surface area contributed by atoms with E-state index in [4.69, 9.17) is 17.3 Å². The third kappa shape index (κ3) is 3.37. The van der Waals surface area contributed by atoms with E-state index in [1.54, 1.807) is 12.1 Å². The molecule has 0 aromatic heterocycles. The number of thioether (sulfide) groups is 1. The molecule has 0 aliphatic carbocycles. The smallest absolute Gasteiger partial charge is 0.127 e. The van der Waals surface area contributed by atoms with E-state index in [-0.39, 0.29) is 5.82 Å². The Hall–Kier alpha value is -1.26. The lowest BCUT2D eigenvalue weighted by Crippen LogP contribution is -1.90. The molecular formula is C13H10ClF2NS. The molecule has 0 aliphatic heterocycles. The Labute approximate surface area is 113 Å². The number of anilines is 1. The van der Waals surface area contributed by atoms with Gasteiger partial charge in [-0.3, -0.25) is 0 Å². The monoisotopic (exact) mass is 285 g/mol. The van der Waals surface area contributed by atoms with Crippen LogP contribution in [0.15, 0.2) is 41.3 Å². The molecule has 0 amide bonds. The van der Waals surface area contributed by atoms with Crippen molar-refractivity contribution >= 4 is 29.1 Å². The van der Waals surface area contributed by atoms with Gasteiger partial charge in [0, 0.05) is 21.4 Å². The second kappa shape index (κ2) is 5.59. The molecule has 2 N–H and O–H groups in total. The molecule has 18 heavy (non-hydrogen) atoms. The van der Waals surface area contributed by atoms with E-state index in [2.05, 4.69) is 0 Å². The largest absolute Gasteiger partial charge is 0.399 e. The molecule has 0 atom stereocenters. The molecule has 2 rings (SSSR count). The summed E-state index contributed by atoms with van der Waals surface area (Å²) in [7, 11) is 0. The Kier molecular flexibility index (Phi) is 4.09. The van der Waals surface area contributed by atoms with E-state index in [0.717, 1.165) is 0 Å². The van der Waals surface area contributed by atoms with Gasteiger partial charge in [0.25, 0.3) is 0 Å². The van der Waals surface area contributed by atoms with Crippen molar-refractivity contribution in [2.75, 3.05) is 5.73 Å². The van der Waals surface area contributed by atoms with Gasteiger partial charge in [0.05, 0.1) is 0 Å². The molecule has 5 heteroatoms. The third-order valence-electron chi connectivity index (χ3n) is 2.30. The quantitative estimate of drug-likeness (QED) is 0.664. The molecule has 0 bridgehead atoms. The minimum atomic E-state index is -0.399. The van der Waals surface area contributed by atoms with Gasteiger partial charge < -0.3 is 5.73 Å². The molecule has 1 nitrogen and oxygen atoms in total. The Morgan fingerprint density at radius 1 is 1.11 bits per heavy atom. The van der Waals surface area contributed by atoms with Crippen molar-refractivity contribution in [3.8, 4) is 0 Å². The van der Waals surface area contributed by atoms with E-state index in [9.17, 15) is 8.78 Å². The van der Waals surface area contributed by atoms with E-state index < -0.39 is 5.82 Å². The highest BCUT2D eigenvalue weighted by Gasteiger charge is 2.05. The molecule has 0 saturated carbocycles. The summed E-state index contributed by atoms with van der Waals surface area (Å²) in [6, 6.07) is 8.62. The molecule has 0 spiro atoms. The highest BCUT2D eigenvalue weighted by atomic mass is 35.5. The maximum atomic E-state index is 13.5. The van der Waals surface area contributed by atoms with Crippen LogP contribution in [0.5, 0.6) is 0 Å². The highest BCUT2D eigenvalue weighted by molar-refractivity contribution is 7.98. The molecule has 0 radical (unpaired) electrons. The summed E-state index contributed by atoms with van der Waals surface area (Å²) in [5.74, 6) is -0.352. The minimum Gasteiger partial charge on any atom is -0.399 e. The number of hydrogen-bond donors (Lipinski definition) is 1. The fourth-order valence-electron chi connectivity index (χ4n) is 1.48. The van der Waals surface area contributed by atoms with Crippen LogP contribution in [0.2, 0.25) is 5.02 Å². The average Bonchev–Trinajstić information content (AvgIpc) is 2.29. The summed E-state index contributed by atoms with van der Waals surface area (Å²) >= 11 is 7.10. The third-order valence-corrected chi connectivity index (χ3v) is 3.56. The van der Waals surface area contributed by atoms with Crippen LogP contribution in [0, 0.1) is 11.6 Å². The van der Waals surface area contributed by atoms with E-state index in [1.165, 1.54) is 36.0 Å². The Morgan fingerprint density at radius 2 is 1.89 bits per heavy atom. The second-order valence-corrected chi connectivity index (χ2v) is 5.23. The first kappa shape index (κ1) is 13.2. The zero-order valence-electron chi connectivity index (χ0n) is 9.29. The topological polar surface area (TPSA) is 26.0 Å². The number of nitrogens with two attached hydrogens (primary N) is 1. The van der Waals surface area contributed by atoms with Gasteiger partial charge >= 0.3 is 0 Å².